The van der Waals surface area contributed by atoms with Crippen molar-refractivity contribution in [3.8, 4) is 6.07 Å². The van der Waals surface area contributed by atoms with Crippen molar-refractivity contribution in [1.29, 1.82) is 5.26 Å². The number of rotatable bonds is 9. The van der Waals surface area contributed by atoms with E-state index in [1.54, 1.807) is 17.8 Å². The smallest absolute Gasteiger partial charge is 0.251 e. The molecular formula is C21H27N7OS. The Morgan fingerprint density at radius 1 is 1.43 bits per heavy atom. The van der Waals surface area contributed by atoms with E-state index < -0.39 is 11.8 Å². The van der Waals surface area contributed by atoms with E-state index in [-0.39, 0.29) is 0 Å². The number of hydrogen-bond acceptors (Lipinski definition) is 7. The fraction of sp³-hybridized carbons (Fsp3) is 0.476. The van der Waals surface area contributed by atoms with Crippen LogP contribution < -0.4 is 10.6 Å². The Kier molecular flexibility index (Phi) is 8.30. The summed E-state index contributed by atoms with van der Waals surface area (Å²) in [6, 6.07) is 8.22. The maximum Gasteiger partial charge on any atom is 0.251 e. The molecule has 1 amide bonds. The first kappa shape index (κ1) is 21.9. The third-order valence-electron chi connectivity index (χ3n) is 5.12. The Balaban J connectivity index is 1.69. The molecule has 2 unspecified atom stereocenters. The third kappa shape index (κ3) is 6.08. The topological polar surface area (TPSA) is 106 Å². The van der Waals surface area contributed by atoms with E-state index in [1.165, 1.54) is 11.3 Å². The number of nitrogens with zero attached hydrogens (tertiary/aromatic N) is 5. The van der Waals surface area contributed by atoms with Crippen LogP contribution in [0.15, 0.2) is 41.0 Å². The second kappa shape index (κ2) is 11.4. The fourth-order valence-corrected chi connectivity index (χ4v) is 4.07. The molecular weight excluding hydrogens is 398 g/mol. The van der Waals surface area contributed by atoms with Crippen molar-refractivity contribution in [3.63, 3.8) is 0 Å². The van der Waals surface area contributed by atoms with Gasteiger partial charge >= 0.3 is 0 Å². The van der Waals surface area contributed by atoms with E-state index in [0.29, 0.717) is 36.5 Å². The average Bonchev–Trinajstić information content (AvgIpc) is 3.44. The Bertz CT molecular complexity index is 863. The van der Waals surface area contributed by atoms with Crippen LogP contribution in [-0.2, 0) is 11.2 Å². The van der Waals surface area contributed by atoms with Gasteiger partial charge in [-0.15, -0.1) is 11.3 Å². The van der Waals surface area contributed by atoms with Gasteiger partial charge in [-0.25, -0.2) is 4.98 Å². The molecule has 0 aromatic carbocycles. The highest BCUT2D eigenvalue weighted by Crippen LogP contribution is 2.17. The van der Waals surface area contributed by atoms with Crippen LogP contribution in [0, 0.1) is 17.2 Å². The summed E-state index contributed by atoms with van der Waals surface area (Å²) in [5, 5.41) is 17.9. The van der Waals surface area contributed by atoms with Crippen LogP contribution in [0.5, 0.6) is 0 Å². The van der Waals surface area contributed by atoms with E-state index in [4.69, 9.17) is 4.99 Å². The van der Waals surface area contributed by atoms with Crippen LogP contribution >= 0.6 is 11.3 Å². The molecule has 0 bridgehead atoms. The van der Waals surface area contributed by atoms with E-state index in [1.807, 2.05) is 18.2 Å². The van der Waals surface area contributed by atoms with Gasteiger partial charge in [0.05, 0.1) is 12.6 Å². The molecule has 0 saturated carbocycles. The zero-order chi connectivity index (χ0) is 21.2. The summed E-state index contributed by atoms with van der Waals surface area (Å²) < 4.78 is 0. The maximum atomic E-state index is 12.7. The van der Waals surface area contributed by atoms with E-state index in [2.05, 4.69) is 38.5 Å². The van der Waals surface area contributed by atoms with Gasteiger partial charge in [0.15, 0.2) is 11.0 Å². The van der Waals surface area contributed by atoms with Crippen molar-refractivity contribution >= 4 is 28.2 Å². The van der Waals surface area contributed by atoms with Gasteiger partial charge < -0.3 is 10.6 Å². The molecule has 2 atom stereocenters. The van der Waals surface area contributed by atoms with Crippen LogP contribution in [0.4, 0.5) is 5.13 Å². The first-order valence-corrected chi connectivity index (χ1v) is 11.1. The SMILES string of the molecule is CCN1CCCC1CN=C(NCCc1ccccn1)C(C#N)C(=O)Nc1nccs1. The number of nitriles is 1. The molecule has 2 aromatic heterocycles. The molecule has 3 heterocycles. The largest absolute Gasteiger partial charge is 0.372 e. The summed E-state index contributed by atoms with van der Waals surface area (Å²) in [5.74, 6) is -1.03. The first-order chi connectivity index (χ1) is 14.7. The Labute approximate surface area is 181 Å². The minimum absolute atomic E-state index is 0.351. The first-order valence-electron chi connectivity index (χ1n) is 10.2. The van der Waals surface area contributed by atoms with E-state index in [9.17, 15) is 10.1 Å². The lowest BCUT2D eigenvalue weighted by atomic mass is 10.1. The number of likely N-dealkylation sites (N-methyl/N-ethyl adjacent to an activating group) is 1. The summed E-state index contributed by atoms with van der Waals surface area (Å²) >= 11 is 1.32. The van der Waals surface area contributed by atoms with Crippen molar-refractivity contribution in [3.05, 3.63) is 41.7 Å². The predicted octanol–water partition coefficient (Wildman–Crippen LogP) is 2.33. The number of amidine groups is 1. The number of thiazole rings is 1. The predicted molar refractivity (Wildman–Crippen MR) is 118 cm³/mol. The van der Waals surface area contributed by atoms with Crippen molar-refractivity contribution in [2.75, 3.05) is 31.5 Å². The molecule has 1 fully saturated rings. The van der Waals surface area contributed by atoms with Crippen LogP contribution in [-0.4, -0.2) is 58.8 Å². The molecule has 158 valence electrons. The minimum atomic E-state index is -1.02. The molecule has 2 N–H and O–H groups in total. The fourth-order valence-electron chi connectivity index (χ4n) is 3.54. The van der Waals surface area contributed by atoms with Crippen molar-refractivity contribution in [2.24, 2.45) is 10.9 Å². The van der Waals surface area contributed by atoms with Gasteiger partial charge in [-0.1, -0.05) is 13.0 Å². The summed E-state index contributed by atoms with van der Waals surface area (Å²) in [6.45, 7) is 5.32. The number of pyridine rings is 1. The highest BCUT2D eigenvalue weighted by Gasteiger charge is 2.27. The normalized spacial score (nSPS) is 18.0. The van der Waals surface area contributed by atoms with Gasteiger partial charge in [-0.2, -0.15) is 5.26 Å². The third-order valence-corrected chi connectivity index (χ3v) is 5.81. The van der Waals surface area contributed by atoms with Crippen molar-refractivity contribution in [1.82, 2.24) is 20.2 Å². The zero-order valence-electron chi connectivity index (χ0n) is 17.1. The minimum Gasteiger partial charge on any atom is -0.372 e. The lowest BCUT2D eigenvalue weighted by molar-refractivity contribution is -0.116. The van der Waals surface area contributed by atoms with Crippen LogP contribution in [0.2, 0.25) is 0 Å². The average molecular weight is 426 g/mol. The molecule has 2 aromatic rings. The molecule has 0 spiro atoms. The van der Waals surface area contributed by atoms with Gasteiger partial charge in [-0.3, -0.25) is 19.7 Å². The quantitative estimate of drug-likeness (QED) is 0.472. The molecule has 1 saturated heterocycles. The summed E-state index contributed by atoms with van der Waals surface area (Å²) in [7, 11) is 0. The summed E-state index contributed by atoms with van der Waals surface area (Å²) in [5.41, 5.74) is 0.943. The number of likely N-dealkylation sites (tertiary alicyclic amines) is 1. The van der Waals surface area contributed by atoms with Gasteiger partial charge in [0.2, 0.25) is 0 Å². The monoisotopic (exact) mass is 425 g/mol. The van der Waals surface area contributed by atoms with Crippen LogP contribution in [0.25, 0.3) is 0 Å². The second-order valence-corrected chi connectivity index (χ2v) is 7.93. The number of anilines is 1. The van der Waals surface area contributed by atoms with Crippen LogP contribution in [0.3, 0.4) is 0 Å². The Hall–Kier alpha value is -2.83. The molecule has 9 heteroatoms. The number of carbonyl (C=O) groups excluding carboxylic acids is 1. The lowest BCUT2D eigenvalue weighted by Crippen LogP contribution is -2.40. The number of aliphatic imine (C=N–C) groups is 1. The second-order valence-electron chi connectivity index (χ2n) is 7.04. The van der Waals surface area contributed by atoms with Gasteiger partial charge in [0.1, 0.15) is 5.84 Å². The zero-order valence-corrected chi connectivity index (χ0v) is 17.9. The Morgan fingerprint density at radius 3 is 3.03 bits per heavy atom. The molecule has 30 heavy (non-hydrogen) atoms. The molecule has 3 rings (SSSR count). The lowest BCUT2D eigenvalue weighted by Gasteiger charge is -2.22. The van der Waals surface area contributed by atoms with Crippen molar-refractivity contribution in [2.45, 2.75) is 32.2 Å². The van der Waals surface area contributed by atoms with Gasteiger partial charge in [-0.05, 0) is 38.1 Å². The summed E-state index contributed by atoms with van der Waals surface area (Å²) in [4.78, 5) is 28.2. The number of amides is 1. The number of hydrogen-bond donors (Lipinski definition) is 2. The number of carbonyl (C=O) groups is 1. The van der Waals surface area contributed by atoms with Gasteiger partial charge in [0, 0.05) is 42.5 Å². The summed E-state index contributed by atoms with van der Waals surface area (Å²) in [6.07, 6.45) is 6.28. The number of aromatic nitrogens is 2. The Morgan fingerprint density at radius 2 is 2.33 bits per heavy atom. The highest BCUT2D eigenvalue weighted by atomic mass is 32.1. The molecule has 1 aliphatic rings. The van der Waals surface area contributed by atoms with Gasteiger partial charge in [0.25, 0.3) is 5.91 Å². The number of nitrogens with one attached hydrogen (secondary N) is 2. The van der Waals surface area contributed by atoms with Crippen molar-refractivity contribution < 1.29 is 4.79 Å². The van der Waals surface area contributed by atoms with E-state index in [0.717, 1.165) is 31.6 Å². The standard InChI is InChI=1S/C21H27N7OS/c1-2-28-12-5-7-17(28)15-26-19(24-10-8-16-6-3-4-9-23-16)18(14-22)20(29)27-21-25-11-13-30-21/h3-4,6,9,11,13,17-18H,2,5,7-8,10,12,15H2,1H3,(H,24,26)(H,25,27,29). The maximum absolute atomic E-state index is 12.7. The van der Waals surface area contributed by atoms with E-state index >= 15 is 0 Å². The molecule has 0 aliphatic carbocycles. The molecule has 8 nitrogen and oxygen atoms in total. The highest BCUT2D eigenvalue weighted by molar-refractivity contribution is 7.13. The molecule has 1 aliphatic heterocycles. The van der Waals surface area contributed by atoms with Crippen LogP contribution in [0.1, 0.15) is 25.5 Å². The molecule has 0 radical (unpaired) electrons.